The Morgan fingerprint density at radius 1 is 1.05 bits per heavy atom. The average Bonchev–Trinajstić information content (AvgIpc) is 2.44. The number of hydrogen-bond acceptors (Lipinski definition) is 2. The molecule has 20 heavy (non-hydrogen) atoms. The summed E-state index contributed by atoms with van der Waals surface area (Å²) in [5, 5.41) is 1.39. The number of aromatic nitrogens is 1. The smallest absolute Gasteiger partial charge is 0.255 e. The molecule has 1 aromatic heterocycles. The second kappa shape index (κ2) is 5.42. The maximum absolute atomic E-state index is 13.7. The third kappa shape index (κ3) is 2.51. The van der Waals surface area contributed by atoms with Crippen LogP contribution in [0, 0.1) is 5.82 Å². The summed E-state index contributed by atoms with van der Waals surface area (Å²) in [7, 11) is 0. The summed E-state index contributed by atoms with van der Waals surface area (Å²) >= 11 is 4.69. The molecule has 0 saturated heterocycles. The Hall–Kier alpha value is -1.59. The van der Waals surface area contributed by atoms with Crippen LogP contribution in [0.1, 0.15) is 0 Å². The van der Waals surface area contributed by atoms with E-state index in [1.54, 1.807) is 30.5 Å². The van der Waals surface area contributed by atoms with Crippen molar-refractivity contribution in [2.24, 2.45) is 0 Å². The van der Waals surface area contributed by atoms with Crippen LogP contribution >= 0.6 is 27.7 Å². The molecular weight excluding hydrogens is 341 g/mol. The number of aromatic amines is 1. The Balaban J connectivity index is 2.17. The molecule has 0 fully saturated rings. The monoisotopic (exact) mass is 349 g/mol. The van der Waals surface area contributed by atoms with Crippen molar-refractivity contribution in [2.45, 2.75) is 9.79 Å². The summed E-state index contributed by atoms with van der Waals surface area (Å²) < 4.78 is 14.6. The normalized spacial score (nSPS) is 10.9. The number of hydrogen-bond donors (Lipinski definition) is 1. The summed E-state index contributed by atoms with van der Waals surface area (Å²) in [6.07, 6.45) is 1.62. The highest BCUT2D eigenvalue weighted by atomic mass is 79.9. The average molecular weight is 350 g/mol. The third-order valence-corrected chi connectivity index (χ3v) is 4.48. The summed E-state index contributed by atoms with van der Waals surface area (Å²) in [6, 6.07) is 12.0. The van der Waals surface area contributed by atoms with Crippen molar-refractivity contribution in [3.05, 3.63) is 69.3 Å². The summed E-state index contributed by atoms with van der Waals surface area (Å²) in [4.78, 5) is 15.8. The summed E-state index contributed by atoms with van der Waals surface area (Å²) in [6.45, 7) is 0. The fraction of sp³-hybridized carbons (Fsp3) is 0. The molecule has 0 atom stereocenters. The largest absolute Gasteiger partial charge is 0.327 e. The van der Waals surface area contributed by atoms with Crippen molar-refractivity contribution in [3.63, 3.8) is 0 Å². The molecule has 0 spiro atoms. The Bertz CT molecular complexity index is 847. The van der Waals surface area contributed by atoms with Crippen LogP contribution in [0.3, 0.4) is 0 Å². The van der Waals surface area contributed by atoms with Crippen LogP contribution < -0.4 is 5.56 Å². The molecule has 0 bridgehead atoms. The Kier molecular flexibility index (Phi) is 3.63. The fourth-order valence-electron chi connectivity index (χ4n) is 1.94. The van der Waals surface area contributed by atoms with Gasteiger partial charge in [-0.15, -0.1) is 0 Å². The van der Waals surface area contributed by atoms with Gasteiger partial charge in [-0.3, -0.25) is 4.79 Å². The predicted octanol–water partition coefficient (Wildman–Crippen LogP) is 4.58. The lowest BCUT2D eigenvalue weighted by Crippen LogP contribution is -2.05. The highest BCUT2D eigenvalue weighted by molar-refractivity contribution is 9.10. The zero-order chi connectivity index (χ0) is 14.1. The van der Waals surface area contributed by atoms with Gasteiger partial charge in [0.2, 0.25) is 0 Å². The number of benzene rings is 2. The van der Waals surface area contributed by atoms with E-state index >= 15 is 0 Å². The molecule has 0 amide bonds. The first-order chi connectivity index (χ1) is 9.65. The van der Waals surface area contributed by atoms with Gasteiger partial charge in [0.1, 0.15) is 5.82 Å². The summed E-state index contributed by atoms with van der Waals surface area (Å²) in [5.74, 6) is -0.271. The second-order valence-corrected chi connectivity index (χ2v) is 6.20. The molecule has 2 nitrogen and oxygen atoms in total. The maximum Gasteiger partial charge on any atom is 0.255 e. The Labute approximate surface area is 127 Å². The number of H-pyrrole nitrogens is 1. The number of halogens is 2. The molecule has 0 saturated carbocycles. The minimum atomic E-state index is -0.271. The standard InChI is InChI=1S/C15H9BrFNOS/c16-9-5-6-10-11(7-9)14(8-18-15(10)19)20-13-4-2-1-3-12(13)17/h1-8H,(H,18,19). The molecule has 0 aliphatic rings. The van der Waals surface area contributed by atoms with Gasteiger partial charge >= 0.3 is 0 Å². The topological polar surface area (TPSA) is 32.9 Å². The van der Waals surface area contributed by atoms with Gasteiger partial charge in [0.25, 0.3) is 5.56 Å². The van der Waals surface area contributed by atoms with Crippen molar-refractivity contribution >= 4 is 38.5 Å². The van der Waals surface area contributed by atoms with Gasteiger partial charge in [0.05, 0.1) is 0 Å². The molecule has 0 unspecified atom stereocenters. The lowest BCUT2D eigenvalue weighted by atomic mass is 10.2. The lowest BCUT2D eigenvalue weighted by Gasteiger charge is -2.07. The maximum atomic E-state index is 13.7. The molecule has 0 aliphatic carbocycles. The molecule has 0 radical (unpaired) electrons. The van der Waals surface area contributed by atoms with Gasteiger partial charge in [-0.05, 0) is 30.3 Å². The highest BCUT2D eigenvalue weighted by Crippen LogP contribution is 2.34. The van der Waals surface area contributed by atoms with E-state index in [2.05, 4.69) is 20.9 Å². The zero-order valence-electron chi connectivity index (χ0n) is 10.2. The lowest BCUT2D eigenvalue weighted by molar-refractivity contribution is 0.602. The molecule has 2 aromatic carbocycles. The minimum absolute atomic E-state index is 0.148. The van der Waals surface area contributed by atoms with E-state index in [1.807, 2.05) is 12.1 Å². The van der Waals surface area contributed by atoms with Crippen LogP contribution in [0.4, 0.5) is 4.39 Å². The quantitative estimate of drug-likeness (QED) is 0.734. The first kappa shape index (κ1) is 13.4. The molecule has 5 heteroatoms. The Morgan fingerprint density at radius 3 is 2.65 bits per heavy atom. The first-order valence-corrected chi connectivity index (χ1v) is 7.49. The van der Waals surface area contributed by atoms with Crippen molar-refractivity contribution in [1.29, 1.82) is 0 Å². The van der Waals surface area contributed by atoms with Crippen LogP contribution in [0.15, 0.2) is 67.7 Å². The van der Waals surface area contributed by atoms with Crippen molar-refractivity contribution in [2.75, 3.05) is 0 Å². The molecule has 1 N–H and O–H groups in total. The van der Waals surface area contributed by atoms with Gasteiger partial charge in [-0.25, -0.2) is 4.39 Å². The second-order valence-electron chi connectivity index (χ2n) is 4.20. The Morgan fingerprint density at radius 2 is 1.85 bits per heavy atom. The fourth-order valence-corrected chi connectivity index (χ4v) is 3.24. The van der Waals surface area contributed by atoms with Crippen molar-refractivity contribution in [1.82, 2.24) is 4.98 Å². The molecule has 100 valence electrons. The molecule has 3 rings (SSSR count). The SMILES string of the molecule is O=c1[nH]cc(Sc2ccccc2F)c2cc(Br)ccc12. The third-order valence-electron chi connectivity index (χ3n) is 2.88. The van der Waals surface area contributed by atoms with Gasteiger partial charge in [0.15, 0.2) is 0 Å². The van der Waals surface area contributed by atoms with E-state index < -0.39 is 0 Å². The van der Waals surface area contributed by atoms with E-state index in [-0.39, 0.29) is 11.4 Å². The van der Waals surface area contributed by atoms with Gasteiger partial charge in [0, 0.05) is 31.2 Å². The molecule has 1 heterocycles. The van der Waals surface area contributed by atoms with Crippen LogP contribution in [0.5, 0.6) is 0 Å². The first-order valence-electron chi connectivity index (χ1n) is 5.88. The molecular formula is C15H9BrFNOS. The van der Waals surface area contributed by atoms with E-state index in [1.165, 1.54) is 17.8 Å². The number of nitrogens with one attached hydrogen (secondary N) is 1. The molecule has 0 aliphatic heterocycles. The van der Waals surface area contributed by atoms with Gasteiger partial charge in [-0.1, -0.05) is 39.8 Å². The number of pyridine rings is 1. The van der Waals surface area contributed by atoms with Gasteiger partial charge in [-0.2, -0.15) is 0 Å². The van der Waals surface area contributed by atoms with Crippen molar-refractivity contribution in [3.8, 4) is 0 Å². The summed E-state index contributed by atoms with van der Waals surface area (Å²) in [5.41, 5.74) is -0.148. The zero-order valence-corrected chi connectivity index (χ0v) is 12.6. The highest BCUT2D eigenvalue weighted by Gasteiger charge is 2.09. The number of fused-ring (bicyclic) bond motifs is 1. The minimum Gasteiger partial charge on any atom is -0.327 e. The van der Waals surface area contributed by atoms with Crippen LogP contribution in [-0.2, 0) is 0 Å². The van der Waals surface area contributed by atoms with Crippen LogP contribution in [-0.4, -0.2) is 4.98 Å². The predicted molar refractivity (Wildman–Crippen MR) is 82.8 cm³/mol. The van der Waals surface area contributed by atoms with E-state index in [4.69, 9.17) is 0 Å². The van der Waals surface area contributed by atoms with Gasteiger partial charge < -0.3 is 4.98 Å². The van der Waals surface area contributed by atoms with Crippen molar-refractivity contribution < 1.29 is 4.39 Å². The van der Waals surface area contributed by atoms with E-state index in [0.29, 0.717) is 10.3 Å². The van der Waals surface area contributed by atoms with E-state index in [0.717, 1.165) is 14.8 Å². The van der Waals surface area contributed by atoms with E-state index in [9.17, 15) is 9.18 Å². The number of rotatable bonds is 2. The van der Waals surface area contributed by atoms with Crippen LogP contribution in [0.25, 0.3) is 10.8 Å². The molecule has 3 aromatic rings. The van der Waals surface area contributed by atoms with Crippen LogP contribution in [0.2, 0.25) is 0 Å².